The molecule has 0 spiro atoms. The molecule has 0 aliphatic heterocycles. The fourth-order valence-corrected chi connectivity index (χ4v) is 1.97. The van der Waals surface area contributed by atoms with Gasteiger partial charge in [0.05, 0.1) is 12.2 Å². The third-order valence-corrected chi connectivity index (χ3v) is 3.08. The summed E-state index contributed by atoms with van der Waals surface area (Å²) in [5.41, 5.74) is 0. The Hall–Kier alpha value is -0.590. The van der Waals surface area contributed by atoms with Crippen molar-refractivity contribution in [3.63, 3.8) is 0 Å². The summed E-state index contributed by atoms with van der Waals surface area (Å²) >= 11 is 0. The summed E-state index contributed by atoms with van der Waals surface area (Å²) in [7, 11) is 0. The molecule has 3 heteroatoms. The number of nitriles is 1. The summed E-state index contributed by atoms with van der Waals surface area (Å²) in [6.45, 7) is 3.78. The molecule has 1 rings (SSSR count). The van der Waals surface area contributed by atoms with Crippen LogP contribution in [0.15, 0.2) is 0 Å². The van der Waals surface area contributed by atoms with Gasteiger partial charge in [0.25, 0.3) is 0 Å². The van der Waals surface area contributed by atoms with Crippen molar-refractivity contribution in [1.82, 2.24) is 5.32 Å². The molecule has 0 saturated heterocycles. The molecule has 0 aromatic heterocycles. The predicted octanol–water partition coefficient (Wildman–Crippen LogP) is 1.43. The van der Waals surface area contributed by atoms with Gasteiger partial charge in [0.2, 0.25) is 0 Å². The summed E-state index contributed by atoms with van der Waals surface area (Å²) in [4.78, 5) is 0. The van der Waals surface area contributed by atoms with E-state index in [0.717, 1.165) is 25.7 Å². The first-order valence-corrected chi connectivity index (χ1v) is 5.47. The molecule has 80 valence electrons. The zero-order valence-electron chi connectivity index (χ0n) is 9.03. The molecule has 1 aliphatic rings. The standard InChI is InChI=1S/C11H20N2O/c1-8(9(2)14)13-11-5-3-4-10(6-11)7-12/h8-11,13-14H,3-6H2,1-2H3. The van der Waals surface area contributed by atoms with Crippen molar-refractivity contribution >= 4 is 0 Å². The van der Waals surface area contributed by atoms with Crippen molar-refractivity contribution in [2.24, 2.45) is 5.92 Å². The zero-order valence-corrected chi connectivity index (χ0v) is 9.03. The van der Waals surface area contributed by atoms with E-state index in [-0.39, 0.29) is 18.1 Å². The summed E-state index contributed by atoms with van der Waals surface area (Å²) in [5.74, 6) is 0.211. The van der Waals surface area contributed by atoms with Crippen molar-refractivity contribution in [2.45, 2.75) is 57.7 Å². The smallest absolute Gasteiger partial charge is 0.0662 e. The average Bonchev–Trinajstić information content (AvgIpc) is 2.18. The Morgan fingerprint density at radius 3 is 2.71 bits per heavy atom. The van der Waals surface area contributed by atoms with Crippen molar-refractivity contribution in [1.29, 1.82) is 5.26 Å². The largest absolute Gasteiger partial charge is 0.392 e. The number of hydrogen-bond donors (Lipinski definition) is 2. The van der Waals surface area contributed by atoms with Gasteiger partial charge in [-0.1, -0.05) is 6.42 Å². The molecule has 0 aromatic carbocycles. The van der Waals surface area contributed by atoms with Crippen molar-refractivity contribution in [2.75, 3.05) is 0 Å². The number of rotatable bonds is 3. The third-order valence-electron chi connectivity index (χ3n) is 3.08. The lowest BCUT2D eigenvalue weighted by Gasteiger charge is -2.30. The van der Waals surface area contributed by atoms with Gasteiger partial charge in [-0.3, -0.25) is 0 Å². The van der Waals surface area contributed by atoms with Crippen LogP contribution in [0, 0.1) is 17.2 Å². The molecule has 0 radical (unpaired) electrons. The van der Waals surface area contributed by atoms with Gasteiger partial charge in [-0.05, 0) is 33.1 Å². The van der Waals surface area contributed by atoms with Gasteiger partial charge in [0, 0.05) is 18.0 Å². The number of hydrogen-bond acceptors (Lipinski definition) is 3. The molecule has 1 fully saturated rings. The summed E-state index contributed by atoms with van der Waals surface area (Å²) in [6, 6.07) is 2.87. The van der Waals surface area contributed by atoms with E-state index in [9.17, 15) is 5.11 Å². The fourth-order valence-electron chi connectivity index (χ4n) is 1.97. The van der Waals surface area contributed by atoms with Crippen molar-refractivity contribution in [3.8, 4) is 6.07 Å². The Balaban J connectivity index is 2.34. The van der Waals surface area contributed by atoms with Crippen LogP contribution in [0.25, 0.3) is 0 Å². The van der Waals surface area contributed by atoms with E-state index in [1.165, 1.54) is 0 Å². The molecule has 3 nitrogen and oxygen atoms in total. The highest BCUT2D eigenvalue weighted by atomic mass is 16.3. The molecule has 0 heterocycles. The molecule has 14 heavy (non-hydrogen) atoms. The highest BCUT2D eigenvalue weighted by molar-refractivity contribution is 4.91. The van der Waals surface area contributed by atoms with Gasteiger partial charge in [-0.15, -0.1) is 0 Å². The molecule has 1 aliphatic carbocycles. The van der Waals surface area contributed by atoms with Gasteiger partial charge in [-0.2, -0.15) is 5.26 Å². The first kappa shape index (κ1) is 11.5. The second-order valence-corrected chi connectivity index (χ2v) is 4.39. The zero-order chi connectivity index (χ0) is 10.6. The molecule has 0 bridgehead atoms. The average molecular weight is 196 g/mol. The summed E-state index contributed by atoms with van der Waals surface area (Å²) < 4.78 is 0. The third kappa shape index (κ3) is 3.28. The van der Waals surface area contributed by atoms with Crippen LogP contribution in [0.1, 0.15) is 39.5 Å². The van der Waals surface area contributed by atoms with E-state index in [4.69, 9.17) is 5.26 Å². The Morgan fingerprint density at radius 2 is 2.14 bits per heavy atom. The summed E-state index contributed by atoms with van der Waals surface area (Å²) in [6.07, 6.45) is 3.92. The van der Waals surface area contributed by atoms with Crippen molar-refractivity contribution < 1.29 is 5.11 Å². The van der Waals surface area contributed by atoms with Crippen LogP contribution in [-0.2, 0) is 0 Å². The van der Waals surface area contributed by atoms with Crippen molar-refractivity contribution in [3.05, 3.63) is 0 Å². The molecule has 1 saturated carbocycles. The predicted molar refractivity (Wildman–Crippen MR) is 55.6 cm³/mol. The highest BCUT2D eigenvalue weighted by Crippen LogP contribution is 2.23. The number of aliphatic hydroxyl groups is 1. The Bertz CT molecular complexity index is 210. The van der Waals surface area contributed by atoms with Gasteiger partial charge < -0.3 is 10.4 Å². The van der Waals surface area contributed by atoms with E-state index in [0.29, 0.717) is 6.04 Å². The number of nitrogens with one attached hydrogen (secondary N) is 1. The first-order valence-electron chi connectivity index (χ1n) is 5.47. The van der Waals surface area contributed by atoms with Crippen LogP contribution >= 0.6 is 0 Å². The minimum absolute atomic E-state index is 0.123. The quantitative estimate of drug-likeness (QED) is 0.718. The number of aliphatic hydroxyl groups excluding tert-OH is 1. The van der Waals surface area contributed by atoms with Crippen LogP contribution in [-0.4, -0.2) is 23.3 Å². The van der Waals surface area contributed by atoms with Crippen LogP contribution < -0.4 is 5.32 Å². The molecule has 4 unspecified atom stereocenters. The minimum atomic E-state index is -0.322. The molecular weight excluding hydrogens is 176 g/mol. The number of nitrogens with zero attached hydrogens (tertiary/aromatic N) is 1. The molecular formula is C11H20N2O. The van der Waals surface area contributed by atoms with Crippen LogP contribution in [0.3, 0.4) is 0 Å². The Labute approximate surface area is 86.1 Å². The fraction of sp³-hybridized carbons (Fsp3) is 0.909. The van der Waals surface area contributed by atoms with Crippen LogP contribution in [0.4, 0.5) is 0 Å². The Morgan fingerprint density at radius 1 is 1.43 bits per heavy atom. The van der Waals surface area contributed by atoms with Crippen LogP contribution in [0.2, 0.25) is 0 Å². The normalized spacial score (nSPS) is 31.9. The first-order chi connectivity index (χ1) is 6.63. The molecule has 2 N–H and O–H groups in total. The van der Waals surface area contributed by atoms with E-state index < -0.39 is 0 Å². The molecule has 0 amide bonds. The maximum absolute atomic E-state index is 9.35. The SMILES string of the molecule is CC(O)C(C)NC1CCCC(C#N)C1. The van der Waals surface area contributed by atoms with Gasteiger partial charge >= 0.3 is 0 Å². The van der Waals surface area contributed by atoms with Gasteiger partial charge in [0.15, 0.2) is 0 Å². The lowest BCUT2D eigenvalue weighted by atomic mass is 9.86. The lowest BCUT2D eigenvalue weighted by Crippen LogP contribution is -2.44. The van der Waals surface area contributed by atoms with E-state index in [1.807, 2.05) is 6.92 Å². The van der Waals surface area contributed by atoms with E-state index in [1.54, 1.807) is 6.92 Å². The van der Waals surface area contributed by atoms with Gasteiger partial charge in [-0.25, -0.2) is 0 Å². The monoisotopic (exact) mass is 196 g/mol. The topological polar surface area (TPSA) is 56.0 Å². The van der Waals surface area contributed by atoms with Gasteiger partial charge in [0.1, 0.15) is 0 Å². The molecule has 0 aromatic rings. The Kier molecular flexibility index (Phi) is 4.37. The minimum Gasteiger partial charge on any atom is -0.392 e. The summed E-state index contributed by atoms with van der Waals surface area (Å²) in [5, 5.41) is 21.6. The highest BCUT2D eigenvalue weighted by Gasteiger charge is 2.23. The van der Waals surface area contributed by atoms with E-state index >= 15 is 0 Å². The maximum Gasteiger partial charge on any atom is 0.0662 e. The second kappa shape index (κ2) is 5.33. The molecule has 4 atom stereocenters. The lowest BCUT2D eigenvalue weighted by molar-refractivity contribution is 0.138. The van der Waals surface area contributed by atoms with E-state index in [2.05, 4.69) is 11.4 Å². The van der Waals surface area contributed by atoms with Crippen LogP contribution in [0.5, 0.6) is 0 Å². The maximum atomic E-state index is 9.35. The second-order valence-electron chi connectivity index (χ2n) is 4.39.